The Labute approximate surface area is 201 Å². The maximum Gasteiger partial charge on any atom is 0.410 e. The van der Waals surface area contributed by atoms with E-state index >= 15 is 0 Å². The molecule has 2 aliphatic rings. The average molecular weight is 484 g/mol. The summed E-state index contributed by atoms with van der Waals surface area (Å²) in [7, 11) is 0. The van der Waals surface area contributed by atoms with Crippen LogP contribution < -0.4 is 4.90 Å². The molecule has 8 heteroatoms. The van der Waals surface area contributed by atoms with E-state index in [1.165, 1.54) is 5.56 Å². The zero-order chi connectivity index (χ0) is 23.3. The summed E-state index contributed by atoms with van der Waals surface area (Å²) in [5.41, 5.74) is 1.83. The number of nitrogens with zero attached hydrogens (tertiary/aromatic N) is 3. The fourth-order valence-corrected chi connectivity index (χ4v) is 4.61. The molecule has 6 nitrogen and oxygen atoms in total. The Bertz CT molecular complexity index is 804. The van der Waals surface area contributed by atoms with Crippen LogP contribution in [-0.4, -0.2) is 72.4 Å². The third kappa shape index (κ3) is 7.00. The third-order valence-electron chi connectivity index (χ3n) is 6.01. The van der Waals surface area contributed by atoms with Crippen molar-refractivity contribution in [1.82, 2.24) is 9.80 Å². The molecule has 2 saturated heterocycles. The van der Waals surface area contributed by atoms with E-state index in [4.69, 9.17) is 27.9 Å². The first kappa shape index (κ1) is 25.1. The van der Waals surface area contributed by atoms with Crippen LogP contribution in [-0.2, 0) is 16.1 Å². The van der Waals surface area contributed by atoms with Gasteiger partial charge in [0, 0.05) is 74.7 Å². The Morgan fingerprint density at radius 3 is 2.50 bits per heavy atom. The van der Waals surface area contributed by atoms with Gasteiger partial charge in [0.25, 0.3) is 0 Å². The number of hydrogen-bond acceptors (Lipinski definition) is 5. The van der Waals surface area contributed by atoms with E-state index < -0.39 is 5.60 Å². The van der Waals surface area contributed by atoms with Gasteiger partial charge in [-0.15, -0.1) is 11.6 Å². The van der Waals surface area contributed by atoms with Gasteiger partial charge in [-0.3, -0.25) is 9.69 Å². The van der Waals surface area contributed by atoms with Gasteiger partial charge in [-0.1, -0.05) is 17.7 Å². The summed E-state index contributed by atoms with van der Waals surface area (Å²) in [5.74, 6) is 0.916. The number of anilines is 1. The van der Waals surface area contributed by atoms with Gasteiger partial charge >= 0.3 is 6.09 Å². The number of ketones is 1. The molecule has 2 heterocycles. The molecule has 178 valence electrons. The molecule has 0 spiro atoms. The van der Waals surface area contributed by atoms with Gasteiger partial charge in [-0.05, 0) is 51.3 Å². The molecule has 2 fully saturated rings. The van der Waals surface area contributed by atoms with Crippen LogP contribution in [0.1, 0.15) is 45.6 Å². The molecule has 0 aliphatic carbocycles. The number of carbonyl (C=O) groups is 2. The first-order valence-corrected chi connectivity index (χ1v) is 12.4. The standard InChI is InChI=1S/C24H35Cl2N3O3/c1-24(2,3)32-23(31)28-13-11-27(12-14-28)16-18-6-7-20(26)15-21(18)29-10-8-19(17-29)22(30)5-4-9-25/h6-7,15,19H,4-5,8-14,16-17H2,1-3H3. The lowest BCUT2D eigenvalue weighted by molar-refractivity contribution is -0.122. The molecule has 0 N–H and O–H groups in total. The number of hydrogen-bond donors (Lipinski definition) is 0. The minimum Gasteiger partial charge on any atom is -0.444 e. The number of amides is 1. The predicted molar refractivity (Wildman–Crippen MR) is 130 cm³/mol. The Balaban J connectivity index is 1.59. The van der Waals surface area contributed by atoms with E-state index in [2.05, 4.69) is 15.9 Å². The minimum atomic E-state index is -0.481. The number of carbonyl (C=O) groups excluding carboxylic acids is 2. The molecule has 1 unspecified atom stereocenters. The lowest BCUT2D eigenvalue weighted by Gasteiger charge is -2.36. The predicted octanol–water partition coefficient (Wildman–Crippen LogP) is 4.81. The average Bonchev–Trinajstić information content (AvgIpc) is 3.23. The van der Waals surface area contributed by atoms with Gasteiger partial charge in [0.15, 0.2) is 0 Å². The van der Waals surface area contributed by atoms with Crippen molar-refractivity contribution in [2.75, 3.05) is 50.0 Å². The summed E-state index contributed by atoms with van der Waals surface area (Å²) in [6.07, 6.45) is 1.94. The second-order valence-corrected chi connectivity index (χ2v) is 10.5. The molecule has 32 heavy (non-hydrogen) atoms. The number of piperazine rings is 1. The Kier molecular flexibility index (Phi) is 8.70. The highest BCUT2D eigenvalue weighted by atomic mass is 35.5. The molecule has 0 bridgehead atoms. The lowest BCUT2D eigenvalue weighted by Crippen LogP contribution is -2.49. The van der Waals surface area contributed by atoms with Crippen molar-refractivity contribution in [3.63, 3.8) is 0 Å². The SMILES string of the molecule is CC(C)(C)OC(=O)N1CCN(Cc2ccc(Cl)cc2N2CCC(C(=O)CCCCl)C2)CC1. The van der Waals surface area contributed by atoms with Crippen molar-refractivity contribution in [2.24, 2.45) is 5.92 Å². The highest BCUT2D eigenvalue weighted by Gasteiger charge is 2.30. The summed E-state index contributed by atoms with van der Waals surface area (Å²) < 4.78 is 5.50. The molecule has 1 atom stereocenters. The molecule has 1 amide bonds. The van der Waals surface area contributed by atoms with Crippen molar-refractivity contribution in [2.45, 2.75) is 52.2 Å². The van der Waals surface area contributed by atoms with Crippen LogP contribution in [0.15, 0.2) is 18.2 Å². The molecule has 1 aromatic rings. The molecule has 1 aromatic carbocycles. The highest BCUT2D eigenvalue weighted by Crippen LogP contribution is 2.31. The number of rotatable bonds is 7. The normalized spacial score (nSPS) is 20.0. The first-order valence-electron chi connectivity index (χ1n) is 11.5. The van der Waals surface area contributed by atoms with Crippen LogP contribution in [0.3, 0.4) is 0 Å². The number of ether oxygens (including phenoxy) is 1. The topological polar surface area (TPSA) is 53.1 Å². The lowest BCUT2D eigenvalue weighted by atomic mass is 10.00. The van der Waals surface area contributed by atoms with E-state index in [9.17, 15) is 9.59 Å². The van der Waals surface area contributed by atoms with Gasteiger partial charge in [0.05, 0.1) is 0 Å². The maximum atomic E-state index is 12.5. The smallest absolute Gasteiger partial charge is 0.410 e. The Morgan fingerprint density at radius 1 is 1.12 bits per heavy atom. The van der Waals surface area contributed by atoms with Crippen molar-refractivity contribution in [1.29, 1.82) is 0 Å². The fourth-order valence-electron chi connectivity index (χ4n) is 4.31. The summed E-state index contributed by atoms with van der Waals surface area (Å²) in [6.45, 7) is 10.9. The zero-order valence-corrected chi connectivity index (χ0v) is 20.9. The zero-order valence-electron chi connectivity index (χ0n) is 19.4. The summed E-state index contributed by atoms with van der Waals surface area (Å²) >= 11 is 12.1. The summed E-state index contributed by atoms with van der Waals surface area (Å²) in [4.78, 5) is 31.2. The summed E-state index contributed by atoms with van der Waals surface area (Å²) in [6, 6.07) is 6.02. The quantitative estimate of drug-likeness (QED) is 0.520. The minimum absolute atomic E-state index is 0.0717. The highest BCUT2D eigenvalue weighted by molar-refractivity contribution is 6.30. The molecular weight excluding hydrogens is 449 g/mol. The van der Waals surface area contributed by atoms with E-state index in [0.717, 1.165) is 51.3 Å². The Hall–Kier alpha value is -1.50. The van der Waals surface area contributed by atoms with Crippen molar-refractivity contribution in [3.8, 4) is 0 Å². The maximum absolute atomic E-state index is 12.5. The number of halogens is 2. The van der Waals surface area contributed by atoms with Gasteiger partial charge < -0.3 is 14.5 Å². The van der Waals surface area contributed by atoms with Crippen LogP contribution >= 0.6 is 23.2 Å². The second-order valence-electron chi connectivity index (χ2n) is 9.71. The Morgan fingerprint density at radius 2 is 1.84 bits per heavy atom. The molecule has 0 radical (unpaired) electrons. The van der Waals surface area contributed by atoms with Crippen molar-refractivity contribution < 1.29 is 14.3 Å². The van der Waals surface area contributed by atoms with Crippen LogP contribution in [0.4, 0.5) is 10.5 Å². The van der Waals surface area contributed by atoms with E-state index in [1.807, 2.05) is 32.9 Å². The number of benzene rings is 1. The largest absolute Gasteiger partial charge is 0.444 e. The third-order valence-corrected chi connectivity index (χ3v) is 6.51. The molecule has 2 aliphatic heterocycles. The van der Waals surface area contributed by atoms with Gasteiger partial charge in [0.1, 0.15) is 11.4 Å². The molecule has 0 saturated carbocycles. The molecule has 3 rings (SSSR count). The fraction of sp³-hybridized carbons (Fsp3) is 0.667. The van der Waals surface area contributed by atoms with Crippen LogP contribution in [0.2, 0.25) is 5.02 Å². The van der Waals surface area contributed by atoms with Crippen molar-refractivity contribution >= 4 is 40.8 Å². The van der Waals surface area contributed by atoms with Gasteiger partial charge in [-0.25, -0.2) is 4.79 Å². The van der Waals surface area contributed by atoms with Gasteiger partial charge in [0.2, 0.25) is 0 Å². The van der Waals surface area contributed by atoms with E-state index in [1.54, 1.807) is 4.90 Å². The number of alkyl halides is 1. The monoisotopic (exact) mass is 483 g/mol. The first-order chi connectivity index (χ1) is 15.2. The number of Topliss-reactive ketones (excluding diaryl/α,β-unsaturated/α-hetero) is 1. The molecular formula is C24H35Cl2N3O3. The van der Waals surface area contributed by atoms with Crippen molar-refractivity contribution in [3.05, 3.63) is 28.8 Å². The van der Waals surface area contributed by atoms with Gasteiger partial charge in [-0.2, -0.15) is 0 Å². The summed E-state index contributed by atoms with van der Waals surface area (Å²) in [5, 5.41) is 0.704. The second kappa shape index (κ2) is 11.1. The van der Waals surface area contributed by atoms with E-state index in [-0.39, 0.29) is 12.0 Å². The molecule has 0 aromatic heterocycles. The van der Waals surface area contributed by atoms with Crippen LogP contribution in [0.25, 0.3) is 0 Å². The van der Waals surface area contributed by atoms with Crippen LogP contribution in [0.5, 0.6) is 0 Å². The van der Waals surface area contributed by atoms with Crippen LogP contribution in [0, 0.1) is 5.92 Å². The van der Waals surface area contributed by atoms with E-state index in [0.29, 0.717) is 36.2 Å².